The van der Waals surface area contributed by atoms with Crippen molar-refractivity contribution in [3.8, 4) is 0 Å². The average molecular weight is 346 g/mol. The largest absolute Gasteiger partial charge is 0.458 e. The van der Waals surface area contributed by atoms with Gasteiger partial charge in [0.15, 0.2) is 0 Å². The van der Waals surface area contributed by atoms with Gasteiger partial charge in [0.05, 0.1) is 12.2 Å². The highest BCUT2D eigenvalue weighted by Gasteiger charge is 2.57. The van der Waals surface area contributed by atoms with E-state index < -0.39 is 6.10 Å². The second kappa shape index (κ2) is 5.68. The van der Waals surface area contributed by atoms with Gasteiger partial charge in [-0.15, -0.1) is 0 Å². The Bertz CT molecular complexity index is 650. The maximum absolute atomic E-state index is 11.8. The smallest absolute Gasteiger partial charge is 0.303 e. The molecule has 4 aliphatic carbocycles. The van der Waals surface area contributed by atoms with Gasteiger partial charge in [-0.05, 0) is 55.9 Å². The minimum absolute atomic E-state index is 0.0555. The Kier molecular flexibility index (Phi) is 3.93. The van der Waals surface area contributed by atoms with Crippen LogP contribution < -0.4 is 0 Å². The van der Waals surface area contributed by atoms with Crippen LogP contribution in [0.5, 0.6) is 0 Å². The topological polar surface area (TPSA) is 66.8 Å². The Balaban J connectivity index is 1.84. The standard InChI is InChI=1S/C21H30O4/c1-12(22)25-17-11-13-10-14(23)6-8-20(13,2)16-7-9-21(3)15(19(16)17)4-5-18(21)24/h6,8,13-15,17-18,23-24H,4-5,7,9-11H2,1-3H3/t13?,14-,15-,17-,18-,20-,21-/m0/s1. The monoisotopic (exact) mass is 346 g/mol. The van der Waals surface area contributed by atoms with E-state index in [1.54, 1.807) is 0 Å². The molecule has 1 fully saturated rings. The van der Waals surface area contributed by atoms with E-state index in [-0.39, 0.29) is 29.0 Å². The van der Waals surface area contributed by atoms with Crippen molar-refractivity contribution in [1.82, 2.24) is 0 Å². The van der Waals surface area contributed by atoms with Crippen molar-refractivity contribution in [2.24, 2.45) is 22.7 Å². The van der Waals surface area contributed by atoms with Gasteiger partial charge in [-0.2, -0.15) is 0 Å². The maximum atomic E-state index is 11.8. The summed E-state index contributed by atoms with van der Waals surface area (Å²) in [7, 11) is 0. The van der Waals surface area contributed by atoms with Crippen LogP contribution in [0.4, 0.5) is 0 Å². The zero-order valence-electron chi connectivity index (χ0n) is 15.5. The highest BCUT2D eigenvalue weighted by molar-refractivity contribution is 5.66. The summed E-state index contributed by atoms with van der Waals surface area (Å²) in [5.74, 6) is 0.359. The quantitative estimate of drug-likeness (QED) is 0.565. The Morgan fingerprint density at radius 3 is 2.72 bits per heavy atom. The minimum atomic E-state index is -0.402. The third-order valence-electron chi connectivity index (χ3n) is 7.77. The van der Waals surface area contributed by atoms with Crippen LogP contribution in [-0.4, -0.2) is 34.5 Å². The van der Waals surface area contributed by atoms with Crippen LogP contribution in [0.1, 0.15) is 59.3 Å². The summed E-state index contributed by atoms with van der Waals surface area (Å²) in [4.78, 5) is 11.8. The van der Waals surface area contributed by atoms with Crippen molar-refractivity contribution >= 4 is 5.97 Å². The zero-order valence-corrected chi connectivity index (χ0v) is 15.5. The number of ether oxygens (including phenoxy) is 1. The molecule has 0 spiro atoms. The molecule has 4 aliphatic rings. The molecule has 4 heteroatoms. The Morgan fingerprint density at radius 1 is 1.24 bits per heavy atom. The number of aliphatic hydroxyl groups excluding tert-OH is 2. The first-order valence-corrected chi connectivity index (χ1v) is 9.72. The molecule has 4 rings (SSSR count). The second-order valence-electron chi connectivity index (χ2n) is 9.06. The molecule has 0 amide bonds. The lowest BCUT2D eigenvalue weighted by Gasteiger charge is -2.54. The summed E-state index contributed by atoms with van der Waals surface area (Å²) in [6, 6.07) is 0. The molecule has 0 saturated heterocycles. The van der Waals surface area contributed by atoms with Gasteiger partial charge in [-0.3, -0.25) is 4.79 Å². The number of aliphatic hydroxyl groups is 2. The average Bonchev–Trinajstić information content (AvgIpc) is 2.84. The van der Waals surface area contributed by atoms with E-state index in [0.717, 1.165) is 38.5 Å². The number of esters is 1. The van der Waals surface area contributed by atoms with Gasteiger partial charge >= 0.3 is 5.97 Å². The Hall–Kier alpha value is -1.13. The molecule has 138 valence electrons. The number of carbonyl (C=O) groups excluding carboxylic acids is 1. The molecule has 0 bridgehead atoms. The summed E-state index contributed by atoms with van der Waals surface area (Å²) >= 11 is 0. The van der Waals surface area contributed by atoms with Gasteiger partial charge in [-0.25, -0.2) is 0 Å². The molecule has 4 nitrogen and oxygen atoms in total. The van der Waals surface area contributed by atoms with E-state index in [0.29, 0.717) is 11.8 Å². The van der Waals surface area contributed by atoms with E-state index >= 15 is 0 Å². The van der Waals surface area contributed by atoms with Crippen LogP contribution in [0.25, 0.3) is 0 Å². The number of hydrogen-bond donors (Lipinski definition) is 2. The minimum Gasteiger partial charge on any atom is -0.458 e. The fourth-order valence-electron chi connectivity index (χ4n) is 6.26. The van der Waals surface area contributed by atoms with Gasteiger partial charge in [0.1, 0.15) is 6.10 Å². The van der Waals surface area contributed by atoms with Crippen LogP contribution in [-0.2, 0) is 9.53 Å². The summed E-state index contributed by atoms with van der Waals surface area (Å²) in [6.45, 7) is 5.97. The lowest BCUT2D eigenvalue weighted by molar-refractivity contribution is -0.147. The molecule has 7 atom stereocenters. The van der Waals surface area contributed by atoms with Gasteiger partial charge in [0.2, 0.25) is 0 Å². The molecule has 1 unspecified atom stereocenters. The van der Waals surface area contributed by atoms with Gasteiger partial charge in [0.25, 0.3) is 0 Å². The molecule has 0 aromatic rings. The second-order valence-corrected chi connectivity index (χ2v) is 9.06. The molecule has 0 aromatic heterocycles. The van der Waals surface area contributed by atoms with E-state index in [1.165, 1.54) is 18.1 Å². The molecule has 1 saturated carbocycles. The Morgan fingerprint density at radius 2 is 2.00 bits per heavy atom. The van der Waals surface area contributed by atoms with Gasteiger partial charge in [0, 0.05) is 17.8 Å². The summed E-state index contributed by atoms with van der Waals surface area (Å²) < 4.78 is 5.79. The van der Waals surface area contributed by atoms with Crippen LogP contribution in [0.15, 0.2) is 23.3 Å². The van der Waals surface area contributed by atoms with Crippen molar-refractivity contribution in [3.63, 3.8) is 0 Å². The van der Waals surface area contributed by atoms with Crippen LogP contribution in [0.2, 0.25) is 0 Å². The number of fused-ring (bicyclic) bond motifs is 4. The third kappa shape index (κ3) is 2.44. The van der Waals surface area contributed by atoms with E-state index in [9.17, 15) is 15.0 Å². The summed E-state index contributed by atoms with van der Waals surface area (Å²) in [5, 5.41) is 20.7. The first-order valence-electron chi connectivity index (χ1n) is 9.72. The highest BCUT2D eigenvalue weighted by Crippen LogP contribution is 2.62. The van der Waals surface area contributed by atoms with Crippen molar-refractivity contribution in [2.45, 2.75) is 77.6 Å². The first kappa shape index (κ1) is 17.3. The lowest BCUT2D eigenvalue weighted by Crippen LogP contribution is -2.49. The zero-order chi connectivity index (χ0) is 18.0. The number of hydrogen-bond acceptors (Lipinski definition) is 4. The molecule has 0 heterocycles. The van der Waals surface area contributed by atoms with Crippen molar-refractivity contribution in [1.29, 1.82) is 0 Å². The molecule has 0 aromatic carbocycles. The predicted octanol–water partition coefficient (Wildman–Crippen LogP) is 3.13. The lowest BCUT2D eigenvalue weighted by atomic mass is 9.52. The van der Waals surface area contributed by atoms with Gasteiger partial charge < -0.3 is 14.9 Å². The number of carbonyl (C=O) groups is 1. The summed E-state index contributed by atoms with van der Waals surface area (Å²) in [5.41, 5.74) is 2.55. The molecular formula is C21H30O4. The maximum Gasteiger partial charge on any atom is 0.303 e. The van der Waals surface area contributed by atoms with Crippen molar-refractivity contribution < 1.29 is 19.7 Å². The third-order valence-corrected chi connectivity index (χ3v) is 7.77. The predicted molar refractivity (Wildman–Crippen MR) is 94.6 cm³/mol. The molecular weight excluding hydrogens is 316 g/mol. The first-order chi connectivity index (χ1) is 11.8. The summed E-state index contributed by atoms with van der Waals surface area (Å²) in [6.07, 6.45) is 8.52. The number of allylic oxidation sites excluding steroid dienone is 2. The van der Waals surface area contributed by atoms with E-state index in [1.807, 2.05) is 6.08 Å². The van der Waals surface area contributed by atoms with Crippen molar-refractivity contribution in [3.05, 3.63) is 23.3 Å². The Labute approximate surface area is 149 Å². The van der Waals surface area contributed by atoms with E-state index in [2.05, 4.69) is 19.9 Å². The van der Waals surface area contributed by atoms with E-state index in [4.69, 9.17) is 4.74 Å². The van der Waals surface area contributed by atoms with Gasteiger partial charge in [-0.1, -0.05) is 31.6 Å². The van der Waals surface area contributed by atoms with Crippen LogP contribution >= 0.6 is 0 Å². The fourth-order valence-corrected chi connectivity index (χ4v) is 6.26. The molecule has 0 aliphatic heterocycles. The SMILES string of the molecule is CC(=O)O[C@H]1CC2C[C@@H](O)C=C[C@]2(C)C2=C1[C@@H]1CC[C@H](O)[C@@]1(C)CC2. The highest BCUT2D eigenvalue weighted by atomic mass is 16.5. The molecule has 2 N–H and O–H groups in total. The van der Waals surface area contributed by atoms with Crippen LogP contribution in [0, 0.1) is 22.7 Å². The molecule has 0 radical (unpaired) electrons. The normalized spacial score (nSPS) is 48.6. The molecule has 25 heavy (non-hydrogen) atoms. The van der Waals surface area contributed by atoms with Crippen LogP contribution in [0.3, 0.4) is 0 Å². The van der Waals surface area contributed by atoms with Crippen molar-refractivity contribution in [2.75, 3.05) is 0 Å². The number of rotatable bonds is 1. The fraction of sp³-hybridized carbons (Fsp3) is 0.762.